The summed E-state index contributed by atoms with van der Waals surface area (Å²) < 4.78 is 44.9. The highest BCUT2D eigenvalue weighted by Gasteiger charge is 2.39. The first-order valence-corrected chi connectivity index (χ1v) is 12.3. The number of benzene rings is 1. The molecule has 0 unspecified atom stereocenters. The van der Waals surface area contributed by atoms with Crippen molar-refractivity contribution in [3.05, 3.63) is 40.5 Å². The van der Waals surface area contributed by atoms with Gasteiger partial charge in [0.15, 0.2) is 0 Å². The minimum atomic E-state index is -4.78. The normalized spacial score (nSPS) is 17.1. The van der Waals surface area contributed by atoms with E-state index in [0.717, 1.165) is 49.9 Å². The van der Waals surface area contributed by atoms with E-state index in [1.54, 1.807) is 4.90 Å². The smallest absolute Gasteiger partial charge is 0.375 e. The van der Waals surface area contributed by atoms with Crippen LogP contribution in [0.1, 0.15) is 50.2 Å². The molecule has 1 aromatic carbocycles. The Kier molecular flexibility index (Phi) is 9.45. The number of halogens is 3. The van der Waals surface area contributed by atoms with E-state index in [1.807, 2.05) is 0 Å². The van der Waals surface area contributed by atoms with Crippen LogP contribution in [0.4, 0.5) is 18.9 Å². The molecule has 8 nitrogen and oxygen atoms in total. The number of carbonyl (C=O) groups is 3. The topological polar surface area (TPSA) is 93.9 Å². The second kappa shape index (κ2) is 12.3. The number of hydrogen-bond acceptors (Lipinski definition) is 6. The van der Waals surface area contributed by atoms with Gasteiger partial charge in [-0.15, -0.1) is 0 Å². The molecule has 2 aliphatic rings. The van der Waals surface area contributed by atoms with Crippen LogP contribution in [0.2, 0.25) is 0 Å². The van der Waals surface area contributed by atoms with Gasteiger partial charge >= 0.3 is 6.18 Å². The minimum absolute atomic E-state index is 0.00484. The van der Waals surface area contributed by atoms with Crippen molar-refractivity contribution in [3.8, 4) is 6.07 Å². The monoisotopic (exact) mass is 520 g/mol. The molecule has 0 atom stereocenters. The van der Waals surface area contributed by atoms with Crippen LogP contribution in [0.15, 0.2) is 29.3 Å². The van der Waals surface area contributed by atoms with E-state index >= 15 is 0 Å². The van der Waals surface area contributed by atoms with Gasteiger partial charge in [0.05, 0.1) is 22.9 Å². The third-order valence-electron chi connectivity index (χ3n) is 6.77. The molecule has 11 heteroatoms. The van der Waals surface area contributed by atoms with Crippen molar-refractivity contribution in [3.63, 3.8) is 0 Å². The lowest BCUT2D eigenvalue weighted by atomic mass is 10.0. The molecule has 1 aromatic rings. The predicted molar refractivity (Wildman–Crippen MR) is 129 cm³/mol. The molecule has 1 saturated heterocycles. The molecular formula is C26H31F3N4O4. The number of ether oxygens (including phenoxy) is 1. The average molecular weight is 521 g/mol. The Hall–Kier alpha value is -3.23. The van der Waals surface area contributed by atoms with Crippen molar-refractivity contribution in [1.29, 1.82) is 5.26 Å². The maximum absolute atomic E-state index is 13.3. The van der Waals surface area contributed by atoms with Crippen LogP contribution in [0.3, 0.4) is 0 Å². The lowest BCUT2D eigenvalue weighted by Gasteiger charge is -2.34. The molecule has 0 bridgehead atoms. The highest BCUT2D eigenvalue weighted by atomic mass is 19.4. The van der Waals surface area contributed by atoms with Gasteiger partial charge in [-0.2, -0.15) is 18.4 Å². The van der Waals surface area contributed by atoms with Crippen LogP contribution < -0.4 is 4.90 Å². The third-order valence-corrected chi connectivity index (χ3v) is 6.77. The van der Waals surface area contributed by atoms with E-state index in [9.17, 15) is 27.6 Å². The Bertz CT molecular complexity index is 1100. The van der Waals surface area contributed by atoms with Gasteiger partial charge in [-0.1, -0.05) is 12.8 Å². The molecule has 2 aliphatic heterocycles. The zero-order valence-corrected chi connectivity index (χ0v) is 21.1. The molecule has 0 spiro atoms. The van der Waals surface area contributed by atoms with Gasteiger partial charge in [-0.05, 0) is 50.9 Å². The van der Waals surface area contributed by atoms with E-state index in [1.165, 1.54) is 26.2 Å². The van der Waals surface area contributed by atoms with Crippen molar-refractivity contribution in [1.82, 2.24) is 9.80 Å². The summed E-state index contributed by atoms with van der Waals surface area (Å²) in [7, 11) is 1.50. The number of unbranched alkanes of at least 4 members (excludes halogenated alkanes) is 3. The van der Waals surface area contributed by atoms with E-state index in [0.29, 0.717) is 37.6 Å². The number of nitrogens with zero attached hydrogens (tertiary/aromatic N) is 4. The van der Waals surface area contributed by atoms with E-state index in [4.69, 9.17) is 10.00 Å². The number of anilines is 1. The number of hydrogen-bond donors (Lipinski definition) is 0. The second-order valence-electron chi connectivity index (χ2n) is 9.21. The maximum atomic E-state index is 13.3. The minimum Gasteiger partial charge on any atom is -0.375 e. The van der Waals surface area contributed by atoms with Crippen molar-refractivity contribution < 1.29 is 32.3 Å². The Morgan fingerprint density at radius 3 is 2.35 bits per heavy atom. The lowest BCUT2D eigenvalue weighted by molar-refractivity contribution is -0.138. The molecule has 0 aromatic heterocycles. The van der Waals surface area contributed by atoms with Crippen molar-refractivity contribution >= 4 is 23.4 Å². The standard InChI is InChI=1S/C26H31F3N4O4/c1-18-21(7-5-3-4-6-10-31-11-13-32(14-12-31)23(34)17-37-2)25(36)33(24(18)35)20-9-8-19(16-30)22(15-20)26(27,28)29/h8-9,15H,3-7,10-14,17H2,1-2H3. The van der Waals surface area contributed by atoms with Gasteiger partial charge in [0.25, 0.3) is 11.8 Å². The summed E-state index contributed by atoms with van der Waals surface area (Å²) in [6.07, 6.45) is -0.984. The van der Waals surface area contributed by atoms with Gasteiger partial charge in [0.1, 0.15) is 6.61 Å². The lowest BCUT2D eigenvalue weighted by Crippen LogP contribution is -2.49. The molecule has 3 rings (SSSR count). The van der Waals surface area contributed by atoms with Gasteiger partial charge in [-0.3, -0.25) is 19.3 Å². The van der Waals surface area contributed by atoms with Crippen molar-refractivity contribution in [2.75, 3.05) is 51.3 Å². The van der Waals surface area contributed by atoms with E-state index < -0.39 is 29.1 Å². The molecule has 0 aliphatic carbocycles. The first-order valence-electron chi connectivity index (χ1n) is 12.3. The second-order valence-corrected chi connectivity index (χ2v) is 9.21. The van der Waals surface area contributed by atoms with Crippen molar-refractivity contribution in [2.45, 2.75) is 45.2 Å². The summed E-state index contributed by atoms with van der Waals surface area (Å²) in [5, 5.41) is 8.98. The SMILES string of the molecule is COCC(=O)N1CCN(CCCCCCC2=C(C)C(=O)N(c3ccc(C#N)c(C(F)(F)F)c3)C2=O)CC1. The summed E-state index contributed by atoms with van der Waals surface area (Å²) in [5.74, 6) is -1.24. The number of amides is 3. The summed E-state index contributed by atoms with van der Waals surface area (Å²) >= 11 is 0. The molecular weight excluding hydrogens is 489 g/mol. The predicted octanol–water partition coefficient (Wildman–Crippen LogP) is 3.51. The third kappa shape index (κ3) is 6.76. The first-order chi connectivity index (χ1) is 17.6. The van der Waals surface area contributed by atoms with Gasteiger partial charge in [-0.25, -0.2) is 4.90 Å². The Morgan fingerprint density at radius 2 is 1.73 bits per heavy atom. The molecule has 0 saturated carbocycles. The number of nitriles is 1. The number of alkyl halides is 3. The Morgan fingerprint density at radius 1 is 1.05 bits per heavy atom. The van der Waals surface area contributed by atoms with Crippen molar-refractivity contribution in [2.24, 2.45) is 0 Å². The number of imide groups is 1. The molecule has 200 valence electrons. The number of carbonyl (C=O) groups excluding carboxylic acids is 3. The van der Waals surface area contributed by atoms with E-state index in [-0.39, 0.29) is 23.8 Å². The van der Waals surface area contributed by atoms with Gasteiger partial charge in [0.2, 0.25) is 5.91 Å². The quantitative estimate of drug-likeness (QED) is 0.346. The average Bonchev–Trinajstić information content (AvgIpc) is 3.08. The van der Waals surface area contributed by atoms with Gasteiger partial charge < -0.3 is 9.64 Å². The van der Waals surface area contributed by atoms with Crippen LogP contribution in [0.25, 0.3) is 0 Å². The summed E-state index contributed by atoms with van der Waals surface area (Å²) in [5.41, 5.74) is -1.38. The molecule has 37 heavy (non-hydrogen) atoms. The summed E-state index contributed by atoms with van der Waals surface area (Å²) in [6.45, 7) is 5.54. The van der Waals surface area contributed by atoms with Gasteiger partial charge in [0, 0.05) is 44.4 Å². The number of rotatable bonds is 10. The number of methoxy groups -OCH3 is 1. The Labute approximate surface area is 214 Å². The molecule has 1 fully saturated rings. The Balaban J connectivity index is 1.46. The zero-order chi connectivity index (χ0) is 27.2. The van der Waals surface area contributed by atoms with E-state index in [2.05, 4.69) is 4.90 Å². The fourth-order valence-corrected chi connectivity index (χ4v) is 4.64. The molecule has 3 amide bonds. The molecule has 0 N–H and O–H groups in total. The van der Waals surface area contributed by atoms with Crippen LogP contribution >= 0.6 is 0 Å². The summed E-state index contributed by atoms with van der Waals surface area (Å²) in [4.78, 5) is 42.4. The maximum Gasteiger partial charge on any atom is 0.417 e. The van der Waals surface area contributed by atoms with Crippen LogP contribution in [0.5, 0.6) is 0 Å². The van der Waals surface area contributed by atoms with Crippen LogP contribution in [0, 0.1) is 11.3 Å². The molecule has 2 heterocycles. The molecule has 0 radical (unpaired) electrons. The van der Waals surface area contributed by atoms with Crippen LogP contribution in [-0.2, 0) is 25.3 Å². The highest BCUT2D eigenvalue weighted by molar-refractivity contribution is 6.32. The fourth-order valence-electron chi connectivity index (χ4n) is 4.64. The zero-order valence-electron chi connectivity index (χ0n) is 21.1. The number of piperazine rings is 1. The summed E-state index contributed by atoms with van der Waals surface area (Å²) in [6, 6.07) is 4.34. The highest BCUT2D eigenvalue weighted by Crippen LogP contribution is 2.36. The first kappa shape index (κ1) is 28.3. The van der Waals surface area contributed by atoms with Crippen LogP contribution in [-0.4, -0.2) is 74.0 Å². The fraction of sp³-hybridized carbons (Fsp3) is 0.538. The largest absolute Gasteiger partial charge is 0.417 e.